The van der Waals surface area contributed by atoms with E-state index in [0.717, 1.165) is 57.1 Å². The second-order valence-electron chi connectivity index (χ2n) is 7.48. The topological polar surface area (TPSA) is 38.7 Å². The van der Waals surface area contributed by atoms with Crippen LogP contribution in [0.2, 0.25) is 0 Å². The van der Waals surface area contributed by atoms with Crippen molar-refractivity contribution in [2.45, 2.75) is 83.3 Å². The Bertz CT molecular complexity index is 641. The summed E-state index contributed by atoms with van der Waals surface area (Å²) in [4.78, 5) is 18.1. The molecule has 3 heteroatoms. The van der Waals surface area contributed by atoms with Gasteiger partial charge in [-0.05, 0) is 38.2 Å². The summed E-state index contributed by atoms with van der Waals surface area (Å²) >= 11 is 0. The maximum Gasteiger partial charge on any atom is 0.334 e. The van der Waals surface area contributed by atoms with E-state index in [1.807, 2.05) is 6.92 Å². The molecule has 0 aromatic heterocycles. The molecule has 1 atom stereocenters. The highest BCUT2D eigenvalue weighted by atomic mass is 16.6. The van der Waals surface area contributed by atoms with E-state index in [-0.39, 0.29) is 5.97 Å². The fourth-order valence-electron chi connectivity index (χ4n) is 3.96. The molecule has 130 valence electrons. The summed E-state index contributed by atoms with van der Waals surface area (Å²) in [5.41, 5.74) is 2.26. The first kappa shape index (κ1) is 17.2. The molecule has 0 bridgehead atoms. The molecular weight excluding hydrogens is 298 g/mol. The average molecular weight is 327 g/mol. The van der Waals surface area contributed by atoms with Gasteiger partial charge in [0.15, 0.2) is 11.1 Å². The zero-order chi connectivity index (χ0) is 17.2. The minimum Gasteiger partial charge on any atom is -0.451 e. The van der Waals surface area contributed by atoms with Gasteiger partial charge in [0.05, 0.1) is 5.71 Å². The molecule has 1 aliphatic heterocycles. The van der Waals surface area contributed by atoms with Gasteiger partial charge in [0.25, 0.3) is 0 Å². The Morgan fingerprint density at radius 3 is 2.46 bits per heavy atom. The van der Waals surface area contributed by atoms with Crippen LogP contribution in [0, 0.1) is 0 Å². The number of carbonyl (C=O) groups is 1. The van der Waals surface area contributed by atoms with E-state index in [0.29, 0.717) is 0 Å². The van der Waals surface area contributed by atoms with E-state index in [4.69, 9.17) is 9.73 Å². The van der Waals surface area contributed by atoms with Crippen molar-refractivity contribution in [3.63, 3.8) is 0 Å². The summed E-state index contributed by atoms with van der Waals surface area (Å²) in [6.07, 6.45) is 7.51. The quantitative estimate of drug-likeness (QED) is 0.700. The van der Waals surface area contributed by atoms with Crippen LogP contribution in [-0.2, 0) is 16.0 Å². The smallest absolute Gasteiger partial charge is 0.334 e. The monoisotopic (exact) mass is 327 g/mol. The van der Waals surface area contributed by atoms with E-state index in [9.17, 15) is 4.79 Å². The summed E-state index contributed by atoms with van der Waals surface area (Å²) in [5, 5.41) is 0. The molecule has 0 saturated carbocycles. The fraction of sp³-hybridized carbons (Fsp3) is 0.619. The number of nitrogens with zero attached hydrogens (tertiary/aromatic N) is 1. The summed E-state index contributed by atoms with van der Waals surface area (Å²) in [6, 6.07) is 8.45. The molecular formula is C21H29NO2. The molecule has 3 nitrogen and oxygen atoms in total. The molecule has 0 N–H and O–H groups in total. The SMILES string of the molecule is CCCCC1(CCCC)N=C2c3ccccc3CC[C@]2(C)OC1=O. The van der Waals surface area contributed by atoms with Crippen LogP contribution >= 0.6 is 0 Å². The molecule has 0 radical (unpaired) electrons. The Kier molecular flexibility index (Phi) is 4.80. The Labute approximate surface area is 145 Å². The van der Waals surface area contributed by atoms with E-state index < -0.39 is 11.1 Å². The van der Waals surface area contributed by atoms with Crippen LogP contribution in [0.5, 0.6) is 0 Å². The predicted molar refractivity (Wildman–Crippen MR) is 97.6 cm³/mol. The molecule has 1 aromatic rings. The van der Waals surface area contributed by atoms with Crippen molar-refractivity contribution in [1.82, 2.24) is 0 Å². The maximum atomic E-state index is 13.0. The first-order valence-electron chi connectivity index (χ1n) is 9.47. The Hall–Kier alpha value is -1.64. The van der Waals surface area contributed by atoms with Gasteiger partial charge in [-0.1, -0.05) is 63.8 Å². The lowest BCUT2D eigenvalue weighted by Crippen LogP contribution is -2.55. The van der Waals surface area contributed by atoms with Crippen LogP contribution in [0.1, 0.15) is 76.8 Å². The second-order valence-corrected chi connectivity index (χ2v) is 7.48. The first-order chi connectivity index (χ1) is 11.5. The van der Waals surface area contributed by atoms with E-state index in [1.54, 1.807) is 0 Å². The van der Waals surface area contributed by atoms with Crippen LogP contribution in [-0.4, -0.2) is 22.8 Å². The molecule has 0 unspecified atom stereocenters. The van der Waals surface area contributed by atoms with Crippen molar-refractivity contribution >= 4 is 11.7 Å². The molecule has 0 saturated heterocycles. The van der Waals surface area contributed by atoms with E-state index >= 15 is 0 Å². The van der Waals surface area contributed by atoms with Crippen LogP contribution in [0.25, 0.3) is 0 Å². The van der Waals surface area contributed by atoms with Crippen LogP contribution in [0.4, 0.5) is 0 Å². The van der Waals surface area contributed by atoms with Crippen molar-refractivity contribution in [3.05, 3.63) is 35.4 Å². The molecule has 1 heterocycles. The number of aliphatic imine (C=N–C) groups is 1. The predicted octanol–water partition coefficient (Wildman–Crippen LogP) is 4.86. The molecule has 3 rings (SSSR count). The second kappa shape index (κ2) is 6.70. The Balaban J connectivity index is 2.09. The molecule has 24 heavy (non-hydrogen) atoms. The third-order valence-corrected chi connectivity index (χ3v) is 5.56. The number of hydrogen-bond donors (Lipinski definition) is 0. The number of aryl methyl sites for hydroxylation is 1. The molecule has 0 amide bonds. The minimum atomic E-state index is -0.675. The van der Waals surface area contributed by atoms with Gasteiger partial charge in [-0.15, -0.1) is 0 Å². The first-order valence-corrected chi connectivity index (χ1v) is 9.47. The summed E-state index contributed by atoms with van der Waals surface area (Å²) < 4.78 is 6.07. The Morgan fingerprint density at radius 2 is 1.79 bits per heavy atom. The Morgan fingerprint density at radius 1 is 1.12 bits per heavy atom. The van der Waals surface area contributed by atoms with Crippen molar-refractivity contribution in [2.24, 2.45) is 4.99 Å². The maximum absolute atomic E-state index is 13.0. The van der Waals surface area contributed by atoms with E-state index in [1.165, 1.54) is 11.1 Å². The van der Waals surface area contributed by atoms with Crippen LogP contribution in [0.3, 0.4) is 0 Å². The number of benzene rings is 1. The standard InChI is InChI=1S/C21H29NO2/c1-4-6-13-21(14-7-5-2)19(23)24-20(3)15-12-16-10-8-9-11-17(16)18(20)22-21/h8-11H,4-7,12-15H2,1-3H3/t20-/m0/s1. The van der Waals surface area contributed by atoms with Gasteiger partial charge in [-0.3, -0.25) is 4.99 Å². The third-order valence-electron chi connectivity index (χ3n) is 5.56. The van der Waals surface area contributed by atoms with Crippen molar-refractivity contribution < 1.29 is 9.53 Å². The number of carbonyl (C=O) groups excluding carboxylic acids is 1. The third kappa shape index (κ3) is 2.89. The highest BCUT2D eigenvalue weighted by Gasteiger charge is 2.51. The molecule has 2 aliphatic rings. The summed E-state index contributed by atoms with van der Waals surface area (Å²) in [5.74, 6) is -0.102. The van der Waals surface area contributed by atoms with Gasteiger partial charge >= 0.3 is 5.97 Å². The van der Waals surface area contributed by atoms with Crippen molar-refractivity contribution in [1.29, 1.82) is 0 Å². The normalized spacial score (nSPS) is 24.6. The summed E-state index contributed by atoms with van der Waals surface area (Å²) in [6.45, 7) is 6.35. The highest BCUT2D eigenvalue weighted by Crippen LogP contribution is 2.41. The number of fused-ring (bicyclic) bond motifs is 3. The van der Waals surface area contributed by atoms with Gasteiger partial charge in [-0.2, -0.15) is 0 Å². The number of ether oxygens (including phenoxy) is 1. The van der Waals surface area contributed by atoms with Crippen LogP contribution in [0.15, 0.2) is 29.3 Å². The molecule has 0 spiro atoms. The fourth-order valence-corrected chi connectivity index (χ4v) is 3.96. The lowest BCUT2D eigenvalue weighted by atomic mass is 9.76. The average Bonchev–Trinajstić information content (AvgIpc) is 2.59. The molecule has 1 aromatic carbocycles. The number of unbranched alkanes of at least 4 members (excludes halogenated alkanes) is 2. The van der Waals surface area contributed by atoms with Crippen LogP contribution < -0.4 is 0 Å². The number of rotatable bonds is 6. The zero-order valence-corrected chi connectivity index (χ0v) is 15.2. The number of hydrogen-bond acceptors (Lipinski definition) is 3. The van der Waals surface area contributed by atoms with Gasteiger partial charge in [0, 0.05) is 5.56 Å². The van der Waals surface area contributed by atoms with Gasteiger partial charge < -0.3 is 4.74 Å². The highest BCUT2D eigenvalue weighted by molar-refractivity contribution is 6.12. The minimum absolute atomic E-state index is 0.102. The lowest BCUT2D eigenvalue weighted by molar-refractivity contribution is -0.162. The number of esters is 1. The van der Waals surface area contributed by atoms with E-state index in [2.05, 4.69) is 38.1 Å². The largest absolute Gasteiger partial charge is 0.451 e. The van der Waals surface area contributed by atoms with Gasteiger partial charge in [0.1, 0.15) is 0 Å². The zero-order valence-electron chi connectivity index (χ0n) is 15.2. The van der Waals surface area contributed by atoms with Gasteiger partial charge in [-0.25, -0.2) is 4.79 Å². The lowest BCUT2D eigenvalue weighted by Gasteiger charge is -2.44. The van der Waals surface area contributed by atoms with Crippen molar-refractivity contribution in [3.8, 4) is 0 Å². The molecule has 1 aliphatic carbocycles. The summed E-state index contributed by atoms with van der Waals surface area (Å²) in [7, 11) is 0. The van der Waals surface area contributed by atoms with Gasteiger partial charge in [0.2, 0.25) is 0 Å². The van der Waals surface area contributed by atoms with Crippen molar-refractivity contribution in [2.75, 3.05) is 0 Å². The molecule has 0 fully saturated rings.